The molecule has 0 saturated carbocycles. The maximum atomic E-state index is 13.4. The van der Waals surface area contributed by atoms with Gasteiger partial charge in [-0.05, 0) is 68.1 Å². The lowest BCUT2D eigenvalue weighted by atomic mass is 10.1. The van der Waals surface area contributed by atoms with Crippen LogP contribution in [0.1, 0.15) is 29.5 Å². The predicted molar refractivity (Wildman–Crippen MR) is 123 cm³/mol. The van der Waals surface area contributed by atoms with Gasteiger partial charge in [-0.25, -0.2) is 12.7 Å². The number of nitrogens with zero attached hydrogens (tertiary/aromatic N) is 1. The van der Waals surface area contributed by atoms with Crippen LogP contribution >= 0.6 is 0 Å². The average molecular weight is 438 g/mol. The summed E-state index contributed by atoms with van der Waals surface area (Å²) < 4.78 is 33.5. The summed E-state index contributed by atoms with van der Waals surface area (Å²) in [6.45, 7) is 6.00. The Balaban J connectivity index is 1.83. The topological polar surface area (TPSA) is 63.7 Å². The number of para-hydroxylation sites is 1. The smallest absolute Gasteiger partial charge is 0.270 e. The average Bonchev–Trinajstić information content (AvgIpc) is 2.76. The van der Waals surface area contributed by atoms with Gasteiger partial charge in [-0.1, -0.05) is 48.5 Å². The quantitative estimate of drug-likeness (QED) is 0.455. The van der Waals surface area contributed by atoms with Crippen LogP contribution in [-0.2, 0) is 14.8 Å². The van der Waals surface area contributed by atoms with Gasteiger partial charge in [-0.2, -0.15) is 0 Å². The zero-order chi connectivity index (χ0) is 22.4. The summed E-state index contributed by atoms with van der Waals surface area (Å²) in [5, 5.41) is 0. The van der Waals surface area contributed by atoms with Gasteiger partial charge in [0.25, 0.3) is 10.0 Å². The molecule has 0 saturated heterocycles. The molecule has 0 heterocycles. The summed E-state index contributed by atoms with van der Waals surface area (Å²) >= 11 is 0. The molecular weight excluding hydrogens is 410 g/mol. The molecule has 0 aliphatic heterocycles. The lowest BCUT2D eigenvalue weighted by molar-refractivity contribution is -0.117. The number of carbonyl (C=O) groups excluding carboxylic acids is 1. The highest BCUT2D eigenvalue weighted by Gasteiger charge is 2.31. The minimum absolute atomic E-state index is 0.0470. The first-order chi connectivity index (χ1) is 14.8. The van der Waals surface area contributed by atoms with Gasteiger partial charge in [0, 0.05) is 6.42 Å². The lowest BCUT2D eigenvalue weighted by Gasteiger charge is -2.25. The van der Waals surface area contributed by atoms with Crippen molar-refractivity contribution in [3.8, 4) is 5.75 Å². The number of hydrogen-bond donors (Lipinski definition) is 0. The van der Waals surface area contributed by atoms with Crippen LogP contribution in [-0.4, -0.2) is 20.9 Å². The second-order valence-electron chi connectivity index (χ2n) is 7.41. The van der Waals surface area contributed by atoms with Crippen molar-refractivity contribution in [2.24, 2.45) is 0 Å². The van der Waals surface area contributed by atoms with Gasteiger partial charge in [-0.15, -0.1) is 0 Å². The van der Waals surface area contributed by atoms with E-state index in [4.69, 9.17) is 4.74 Å². The fourth-order valence-electron chi connectivity index (χ4n) is 3.28. The van der Waals surface area contributed by atoms with E-state index in [9.17, 15) is 13.2 Å². The molecular formula is C25H27NO4S. The molecule has 0 aromatic heterocycles. The van der Waals surface area contributed by atoms with Gasteiger partial charge in [0.15, 0.2) is 0 Å². The van der Waals surface area contributed by atoms with Crippen LogP contribution in [0.4, 0.5) is 5.69 Å². The van der Waals surface area contributed by atoms with Crippen LogP contribution in [0.3, 0.4) is 0 Å². The van der Waals surface area contributed by atoms with Crippen LogP contribution in [0.25, 0.3) is 0 Å². The van der Waals surface area contributed by atoms with Gasteiger partial charge < -0.3 is 4.74 Å². The van der Waals surface area contributed by atoms with Crippen LogP contribution in [0.2, 0.25) is 0 Å². The largest absolute Gasteiger partial charge is 0.493 e. The second-order valence-corrected chi connectivity index (χ2v) is 9.20. The molecule has 3 aromatic carbocycles. The molecule has 0 N–H and O–H groups in total. The number of ether oxygens (including phenoxy) is 1. The van der Waals surface area contributed by atoms with Gasteiger partial charge in [0.1, 0.15) is 5.75 Å². The van der Waals surface area contributed by atoms with Gasteiger partial charge in [-0.3, -0.25) is 4.79 Å². The molecule has 0 aliphatic carbocycles. The maximum Gasteiger partial charge on any atom is 0.270 e. The van der Waals surface area contributed by atoms with Crippen molar-refractivity contribution in [1.29, 1.82) is 0 Å². The van der Waals surface area contributed by atoms with E-state index in [-0.39, 0.29) is 11.3 Å². The van der Waals surface area contributed by atoms with Crippen molar-refractivity contribution in [2.45, 2.75) is 38.5 Å². The zero-order valence-corrected chi connectivity index (χ0v) is 18.9. The molecule has 3 rings (SSSR count). The number of benzene rings is 3. The highest BCUT2D eigenvalue weighted by molar-refractivity contribution is 7.93. The Kier molecular flexibility index (Phi) is 7.13. The molecule has 0 radical (unpaired) electrons. The number of rotatable bonds is 8. The number of sulfonamides is 1. The van der Waals surface area contributed by atoms with Crippen molar-refractivity contribution in [3.05, 3.63) is 89.5 Å². The minimum Gasteiger partial charge on any atom is -0.493 e. The molecule has 0 aliphatic rings. The number of amides is 1. The third-order valence-corrected chi connectivity index (χ3v) is 6.94. The molecule has 3 aromatic rings. The van der Waals surface area contributed by atoms with Crippen molar-refractivity contribution in [2.75, 3.05) is 10.9 Å². The molecule has 0 atom stereocenters. The van der Waals surface area contributed by atoms with E-state index >= 15 is 0 Å². The van der Waals surface area contributed by atoms with E-state index in [1.807, 2.05) is 51.1 Å². The summed E-state index contributed by atoms with van der Waals surface area (Å²) in [5.41, 5.74) is 3.07. The lowest BCUT2D eigenvalue weighted by Crippen LogP contribution is -2.37. The Hall–Kier alpha value is -3.12. The summed E-state index contributed by atoms with van der Waals surface area (Å²) in [5.74, 6) is 0.282. The van der Waals surface area contributed by atoms with E-state index in [1.165, 1.54) is 12.1 Å². The standard InChI is InChI=1S/C25H27NO4S/c1-19-12-9-15-23(21(19)3)26(31(28,29)22-13-5-4-6-14-22)25(27)17-10-18-30-24-16-8-7-11-20(24)2/h4-9,11-16H,10,17-18H2,1-3H3. The molecule has 0 fully saturated rings. The molecule has 31 heavy (non-hydrogen) atoms. The van der Waals surface area contributed by atoms with Crippen molar-refractivity contribution in [3.63, 3.8) is 0 Å². The summed E-state index contributed by atoms with van der Waals surface area (Å²) in [6.07, 6.45) is 0.449. The van der Waals surface area contributed by atoms with E-state index in [1.54, 1.807) is 30.3 Å². The monoisotopic (exact) mass is 437 g/mol. The molecule has 5 nitrogen and oxygen atoms in total. The first-order valence-corrected chi connectivity index (χ1v) is 11.6. The Labute approximate surface area is 184 Å². The van der Waals surface area contributed by atoms with E-state index < -0.39 is 15.9 Å². The van der Waals surface area contributed by atoms with Crippen molar-refractivity contribution < 1.29 is 17.9 Å². The minimum atomic E-state index is -4.05. The second kappa shape index (κ2) is 9.79. The molecule has 0 spiro atoms. The predicted octanol–water partition coefficient (Wildman–Crippen LogP) is 5.19. The molecule has 162 valence electrons. The maximum absolute atomic E-state index is 13.4. The Morgan fingerprint density at radius 1 is 0.839 bits per heavy atom. The molecule has 6 heteroatoms. The molecule has 1 amide bonds. The number of anilines is 1. The van der Waals surface area contributed by atoms with Gasteiger partial charge in [0.2, 0.25) is 5.91 Å². The third-order valence-electron chi connectivity index (χ3n) is 5.19. The van der Waals surface area contributed by atoms with E-state index in [2.05, 4.69) is 0 Å². The fourth-order valence-corrected chi connectivity index (χ4v) is 4.80. The summed E-state index contributed by atoms with van der Waals surface area (Å²) in [6, 6.07) is 21.0. The van der Waals surface area contributed by atoms with Crippen molar-refractivity contribution in [1.82, 2.24) is 0 Å². The highest BCUT2D eigenvalue weighted by atomic mass is 32.2. The van der Waals surface area contributed by atoms with Crippen LogP contribution in [0, 0.1) is 20.8 Å². The Morgan fingerprint density at radius 2 is 1.48 bits per heavy atom. The summed E-state index contributed by atoms with van der Waals surface area (Å²) in [4.78, 5) is 13.3. The number of carbonyl (C=O) groups is 1. The van der Waals surface area contributed by atoms with Crippen molar-refractivity contribution >= 4 is 21.6 Å². The molecule has 0 unspecified atom stereocenters. The normalized spacial score (nSPS) is 11.2. The first-order valence-electron chi connectivity index (χ1n) is 10.2. The van der Waals surface area contributed by atoms with Crippen LogP contribution < -0.4 is 9.04 Å². The van der Waals surface area contributed by atoms with E-state index in [0.717, 1.165) is 26.7 Å². The van der Waals surface area contributed by atoms with E-state index in [0.29, 0.717) is 18.7 Å². The number of aryl methyl sites for hydroxylation is 2. The Morgan fingerprint density at radius 3 is 2.19 bits per heavy atom. The van der Waals surface area contributed by atoms with Crippen LogP contribution in [0.15, 0.2) is 77.7 Å². The molecule has 0 bridgehead atoms. The third kappa shape index (κ3) is 5.14. The van der Waals surface area contributed by atoms with Gasteiger partial charge in [0.05, 0.1) is 17.2 Å². The zero-order valence-electron chi connectivity index (χ0n) is 18.0. The first kappa shape index (κ1) is 22.6. The fraction of sp³-hybridized carbons (Fsp3) is 0.240. The van der Waals surface area contributed by atoms with Gasteiger partial charge >= 0.3 is 0 Å². The highest BCUT2D eigenvalue weighted by Crippen LogP contribution is 2.29. The summed E-state index contributed by atoms with van der Waals surface area (Å²) in [7, 11) is -4.05. The Bertz CT molecular complexity index is 1160. The number of hydrogen-bond acceptors (Lipinski definition) is 4. The van der Waals surface area contributed by atoms with Crippen LogP contribution in [0.5, 0.6) is 5.75 Å². The SMILES string of the molecule is Cc1ccccc1OCCCC(=O)N(c1cccc(C)c1C)S(=O)(=O)c1ccccc1.